The highest BCUT2D eigenvalue weighted by Crippen LogP contribution is 2.26. The molecule has 108 valence electrons. The van der Waals surface area contributed by atoms with Crippen LogP contribution in [-0.4, -0.2) is 16.5 Å². The van der Waals surface area contributed by atoms with Crippen LogP contribution in [0.4, 0.5) is 10.2 Å². The molecule has 0 amide bonds. The number of ether oxygens (including phenoxy) is 1. The fourth-order valence-electron chi connectivity index (χ4n) is 1.75. The minimum absolute atomic E-state index is 0.136. The third-order valence-corrected chi connectivity index (χ3v) is 2.67. The van der Waals surface area contributed by atoms with Gasteiger partial charge in [0.15, 0.2) is 0 Å². The van der Waals surface area contributed by atoms with Crippen LogP contribution in [0.15, 0.2) is 24.3 Å². The predicted octanol–water partition coefficient (Wildman–Crippen LogP) is 3.41. The van der Waals surface area contributed by atoms with Gasteiger partial charge in [-0.2, -0.15) is 10.2 Å². The third-order valence-electron chi connectivity index (χ3n) is 2.67. The zero-order chi connectivity index (χ0) is 15.2. The summed E-state index contributed by atoms with van der Waals surface area (Å²) in [6.45, 7) is 4.56. The maximum Gasteiger partial charge on any atom is 0.224 e. The second kappa shape index (κ2) is 6.66. The molecule has 0 spiro atoms. The number of hydrogen-bond donors (Lipinski definition) is 1. The van der Waals surface area contributed by atoms with Crippen LogP contribution in [0.3, 0.4) is 0 Å². The number of halogens is 1. The normalized spacial score (nSPS) is 10.0. The lowest BCUT2D eigenvalue weighted by Crippen LogP contribution is -2.04. The second-order valence-electron chi connectivity index (χ2n) is 4.39. The average Bonchev–Trinajstić information content (AvgIpc) is 2.45. The predicted molar refractivity (Wildman–Crippen MR) is 76.7 cm³/mol. The fourth-order valence-corrected chi connectivity index (χ4v) is 1.75. The maximum absolute atomic E-state index is 13.5. The molecule has 0 bridgehead atoms. The molecule has 0 fully saturated rings. The van der Waals surface area contributed by atoms with Crippen molar-refractivity contribution in [3.05, 3.63) is 41.5 Å². The summed E-state index contributed by atoms with van der Waals surface area (Å²) in [5.41, 5.74) is -0.142. The Hall–Kier alpha value is -2.68. The number of aromatic nitrogens is 2. The van der Waals surface area contributed by atoms with Gasteiger partial charge in [0.25, 0.3) is 0 Å². The van der Waals surface area contributed by atoms with Gasteiger partial charge in [-0.1, -0.05) is 13.0 Å². The summed E-state index contributed by atoms with van der Waals surface area (Å²) >= 11 is 0. The molecule has 1 N–H and O–H groups in total. The lowest BCUT2D eigenvalue weighted by molar-refractivity contribution is 0.453. The Kier molecular flexibility index (Phi) is 4.67. The average molecular weight is 286 g/mol. The van der Waals surface area contributed by atoms with Crippen molar-refractivity contribution < 1.29 is 9.13 Å². The van der Waals surface area contributed by atoms with Gasteiger partial charge in [-0.15, -0.1) is 0 Å². The molecule has 0 saturated heterocycles. The summed E-state index contributed by atoms with van der Waals surface area (Å²) in [7, 11) is 0. The van der Waals surface area contributed by atoms with E-state index >= 15 is 0 Å². The Morgan fingerprint density at radius 2 is 2.19 bits per heavy atom. The van der Waals surface area contributed by atoms with Crippen molar-refractivity contribution >= 4 is 5.82 Å². The molecule has 1 heterocycles. The summed E-state index contributed by atoms with van der Waals surface area (Å²) in [6, 6.07) is 7.63. The molecule has 2 rings (SSSR count). The molecule has 0 aliphatic rings. The highest BCUT2D eigenvalue weighted by molar-refractivity contribution is 5.46. The standard InChI is InChI=1S/C15H15FN4O/c1-3-7-18-14-8-15(20-10(2)19-14)21-13-6-4-5-12(16)11(13)9-17/h4-6,8H,3,7H2,1-2H3,(H,18,19,20). The van der Waals surface area contributed by atoms with E-state index in [1.54, 1.807) is 19.1 Å². The van der Waals surface area contributed by atoms with E-state index in [0.29, 0.717) is 11.6 Å². The van der Waals surface area contributed by atoms with Crippen LogP contribution in [0.25, 0.3) is 0 Å². The van der Waals surface area contributed by atoms with Gasteiger partial charge >= 0.3 is 0 Å². The van der Waals surface area contributed by atoms with Crippen LogP contribution in [-0.2, 0) is 0 Å². The van der Waals surface area contributed by atoms with E-state index in [0.717, 1.165) is 13.0 Å². The SMILES string of the molecule is CCCNc1cc(Oc2cccc(F)c2C#N)nc(C)n1. The summed E-state index contributed by atoms with van der Waals surface area (Å²) in [6.07, 6.45) is 0.960. The van der Waals surface area contributed by atoms with Crippen LogP contribution in [0.1, 0.15) is 24.7 Å². The van der Waals surface area contributed by atoms with E-state index in [9.17, 15) is 4.39 Å². The topological polar surface area (TPSA) is 70.8 Å². The first-order valence-electron chi connectivity index (χ1n) is 6.60. The Balaban J connectivity index is 2.30. The van der Waals surface area contributed by atoms with Crippen molar-refractivity contribution in [2.24, 2.45) is 0 Å². The minimum Gasteiger partial charge on any atom is -0.437 e. The molecule has 1 aromatic heterocycles. The van der Waals surface area contributed by atoms with E-state index in [1.165, 1.54) is 18.2 Å². The molecule has 0 saturated carbocycles. The van der Waals surface area contributed by atoms with Crippen LogP contribution >= 0.6 is 0 Å². The van der Waals surface area contributed by atoms with Gasteiger partial charge in [0.2, 0.25) is 5.88 Å². The van der Waals surface area contributed by atoms with E-state index in [2.05, 4.69) is 15.3 Å². The third kappa shape index (κ3) is 3.66. The summed E-state index contributed by atoms with van der Waals surface area (Å²) in [5, 5.41) is 12.1. The fraction of sp³-hybridized carbons (Fsp3) is 0.267. The van der Waals surface area contributed by atoms with Gasteiger partial charge in [0.05, 0.1) is 0 Å². The van der Waals surface area contributed by atoms with Crippen LogP contribution < -0.4 is 10.1 Å². The zero-order valence-electron chi connectivity index (χ0n) is 11.9. The first-order valence-corrected chi connectivity index (χ1v) is 6.60. The molecule has 0 radical (unpaired) electrons. The number of anilines is 1. The zero-order valence-corrected chi connectivity index (χ0v) is 11.9. The van der Waals surface area contributed by atoms with Crippen LogP contribution in [0.2, 0.25) is 0 Å². The molecule has 5 nitrogen and oxygen atoms in total. The van der Waals surface area contributed by atoms with Crippen molar-refractivity contribution in [1.82, 2.24) is 9.97 Å². The number of rotatable bonds is 5. The number of benzene rings is 1. The summed E-state index contributed by atoms with van der Waals surface area (Å²) in [5.74, 6) is 0.945. The maximum atomic E-state index is 13.5. The molecule has 2 aromatic rings. The van der Waals surface area contributed by atoms with Gasteiger partial charge < -0.3 is 10.1 Å². The monoisotopic (exact) mass is 286 g/mol. The van der Waals surface area contributed by atoms with Gasteiger partial charge in [-0.05, 0) is 25.5 Å². The van der Waals surface area contributed by atoms with Crippen molar-refractivity contribution in [3.8, 4) is 17.7 Å². The van der Waals surface area contributed by atoms with Crippen LogP contribution in [0, 0.1) is 24.1 Å². The molecule has 1 aromatic carbocycles. The number of nitrogens with zero attached hydrogens (tertiary/aromatic N) is 3. The molecule has 6 heteroatoms. The van der Waals surface area contributed by atoms with Gasteiger partial charge in [-0.25, -0.2) is 9.37 Å². The largest absolute Gasteiger partial charge is 0.437 e. The Bertz CT molecular complexity index is 682. The number of nitrogens with one attached hydrogen (secondary N) is 1. The molecule has 0 atom stereocenters. The lowest BCUT2D eigenvalue weighted by atomic mass is 10.2. The quantitative estimate of drug-likeness (QED) is 0.912. The van der Waals surface area contributed by atoms with Crippen molar-refractivity contribution in [1.29, 1.82) is 5.26 Å². The summed E-state index contributed by atoms with van der Waals surface area (Å²) in [4.78, 5) is 8.37. The molecular formula is C15H15FN4O. The summed E-state index contributed by atoms with van der Waals surface area (Å²) < 4.78 is 19.1. The van der Waals surface area contributed by atoms with Crippen molar-refractivity contribution in [2.75, 3.05) is 11.9 Å². The van der Waals surface area contributed by atoms with Crippen LogP contribution in [0.5, 0.6) is 11.6 Å². The first-order chi connectivity index (χ1) is 10.1. The van der Waals surface area contributed by atoms with E-state index in [-0.39, 0.29) is 17.2 Å². The minimum atomic E-state index is -0.620. The molecule has 21 heavy (non-hydrogen) atoms. The van der Waals surface area contributed by atoms with Crippen molar-refractivity contribution in [2.45, 2.75) is 20.3 Å². The number of aryl methyl sites for hydroxylation is 1. The highest BCUT2D eigenvalue weighted by Gasteiger charge is 2.11. The Morgan fingerprint density at radius 1 is 1.38 bits per heavy atom. The second-order valence-corrected chi connectivity index (χ2v) is 4.39. The first kappa shape index (κ1) is 14.7. The Labute approximate surface area is 122 Å². The molecule has 0 unspecified atom stereocenters. The lowest BCUT2D eigenvalue weighted by Gasteiger charge is -2.10. The molecule has 0 aliphatic carbocycles. The molecular weight excluding hydrogens is 271 g/mol. The number of nitriles is 1. The van der Waals surface area contributed by atoms with Gasteiger partial charge in [-0.3, -0.25) is 0 Å². The Morgan fingerprint density at radius 3 is 2.90 bits per heavy atom. The van der Waals surface area contributed by atoms with E-state index in [4.69, 9.17) is 10.00 Å². The highest BCUT2D eigenvalue weighted by atomic mass is 19.1. The van der Waals surface area contributed by atoms with Gasteiger partial charge in [0.1, 0.15) is 34.8 Å². The van der Waals surface area contributed by atoms with Gasteiger partial charge in [0, 0.05) is 12.6 Å². The smallest absolute Gasteiger partial charge is 0.224 e. The molecule has 0 aliphatic heterocycles. The van der Waals surface area contributed by atoms with E-state index in [1.807, 2.05) is 6.92 Å². The van der Waals surface area contributed by atoms with Crippen molar-refractivity contribution in [3.63, 3.8) is 0 Å². The number of hydrogen-bond acceptors (Lipinski definition) is 5. The van der Waals surface area contributed by atoms with E-state index < -0.39 is 5.82 Å².